The van der Waals surface area contributed by atoms with Gasteiger partial charge in [-0.1, -0.05) is 0 Å². The van der Waals surface area contributed by atoms with Gasteiger partial charge in [-0.3, -0.25) is 0 Å². The predicted octanol–water partition coefficient (Wildman–Crippen LogP) is 0.477. The molecule has 2 N–H and O–H groups in total. The van der Waals surface area contributed by atoms with E-state index in [9.17, 15) is 9.90 Å². The molecule has 1 aromatic heterocycles. The highest BCUT2D eigenvalue weighted by molar-refractivity contribution is 5.77. The van der Waals surface area contributed by atoms with Crippen molar-refractivity contribution in [2.45, 2.75) is 18.9 Å². The standard InChI is InChI=1S/C11H15NO5/c1-11(15,10(13)14)5-7-4-9(17-3)12-6-8(7)16-2/h4,6,15H,5H2,1-3H3,(H,13,14). The molecule has 0 aliphatic heterocycles. The molecule has 0 bridgehead atoms. The fraction of sp³-hybridized carbons (Fsp3) is 0.455. The Bertz CT molecular complexity index is 416. The number of carboxylic acid groups (broad SMARTS) is 1. The molecule has 6 nitrogen and oxygen atoms in total. The van der Waals surface area contributed by atoms with Crippen molar-refractivity contribution in [3.63, 3.8) is 0 Å². The third-order valence-corrected chi connectivity index (χ3v) is 2.35. The summed E-state index contributed by atoms with van der Waals surface area (Å²) in [5.74, 6) is -0.551. The van der Waals surface area contributed by atoms with Gasteiger partial charge in [0.25, 0.3) is 0 Å². The number of carboxylic acids is 1. The van der Waals surface area contributed by atoms with E-state index in [0.29, 0.717) is 17.2 Å². The van der Waals surface area contributed by atoms with Gasteiger partial charge >= 0.3 is 5.97 Å². The van der Waals surface area contributed by atoms with E-state index in [1.54, 1.807) is 0 Å². The fourth-order valence-corrected chi connectivity index (χ4v) is 1.34. The van der Waals surface area contributed by atoms with Crippen LogP contribution in [-0.4, -0.2) is 41.0 Å². The zero-order chi connectivity index (χ0) is 13.1. The molecule has 1 rings (SSSR count). The van der Waals surface area contributed by atoms with Gasteiger partial charge in [0.15, 0.2) is 5.60 Å². The Morgan fingerprint density at radius 3 is 2.59 bits per heavy atom. The molecule has 1 atom stereocenters. The van der Waals surface area contributed by atoms with Crippen molar-refractivity contribution in [3.8, 4) is 11.6 Å². The van der Waals surface area contributed by atoms with Gasteiger partial charge in [0, 0.05) is 18.1 Å². The summed E-state index contributed by atoms with van der Waals surface area (Å²) in [5.41, 5.74) is -1.34. The number of aliphatic hydroxyl groups is 1. The Balaban J connectivity index is 3.07. The summed E-state index contributed by atoms with van der Waals surface area (Å²) < 4.78 is 9.98. The first-order valence-electron chi connectivity index (χ1n) is 4.93. The average molecular weight is 241 g/mol. The first kappa shape index (κ1) is 13.2. The van der Waals surface area contributed by atoms with E-state index in [-0.39, 0.29) is 6.42 Å². The van der Waals surface area contributed by atoms with E-state index in [0.717, 1.165) is 0 Å². The molecule has 0 saturated carbocycles. The summed E-state index contributed by atoms with van der Waals surface area (Å²) in [4.78, 5) is 14.8. The second-order valence-electron chi connectivity index (χ2n) is 3.79. The monoisotopic (exact) mass is 241 g/mol. The SMILES string of the molecule is COc1cc(CC(C)(O)C(=O)O)c(OC)cn1. The van der Waals surface area contributed by atoms with E-state index in [4.69, 9.17) is 14.6 Å². The molecule has 0 aromatic carbocycles. The molecule has 0 spiro atoms. The number of aromatic nitrogens is 1. The Morgan fingerprint density at radius 1 is 1.47 bits per heavy atom. The van der Waals surface area contributed by atoms with Crippen molar-refractivity contribution < 1.29 is 24.5 Å². The normalized spacial score (nSPS) is 13.9. The van der Waals surface area contributed by atoms with Crippen molar-refractivity contribution >= 4 is 5.97 Å². The van der Waals surface area contributed by atoms with Crippen LogP contribution in [-0.2, 0) is 11.2 Å². The molecule has 0 aliphatic carbocycles. The van der Waals surface area contributed by atoms with Crippen LogP contribution in [0.2, 0.25) is 0 Å². The lowest BCUT2D eigenvalue weighted by atomic mass is 9.97. The van der Waals surface area contributed by atoms with Gasteiger partial charge in [-0.25, -0.2) is 9.78 Å². The van der Waals surface area contributed by atoms with Crippen LogP contribution in [0.1, 0.15) is 12.5 Å². The number of methoxy groups -OCH3 is 2. The van der Waals surface area contributed by atoms with Crippen molar-refractivity contribution in [2.75, 3.05) is 14.2 Å². The van der Waals surface area contributed by atoms with Crippen LogP contribution >= 0.6 is 0 Å². The van der Waals surface area contributed by atoms with Gasteiger partial charge < -0.3 is 19.7 Å². The molecule has 17 heavy (non-hydrogen) atoms. The molecule has 1 aromatic rings. The van der Waals surface area contributed by atoms with Crippen molar-refractivity contribution in [1.82, 2.24) is 4.98 Å². The molecular weight excluding hydrogens is 226 g/mol. The highest BCUT2D eigenvalue weighted by atomic mass is 16.5. The van der Waals surface area contributed by atoms with Crippen LogP contribution in [0.25, 0.3) is 0 Å². The highest BCUT2D eigenvalue weighted by Crippen LogP contribution is 2.25. The van der Waals surface area contributed by atoms with Gasteiger partial charge in [-0.15, -0.1) is 0 Å². The van der Waals surface area contributed by atoms with E-state index in [1.807, 2.05) is 0 Å². The second-order valence-corrected chi connectivity index (χ2v) is 3.79. The maximum atomic E-state index is 10.8. The number of rotatable bonds is 5. The molecule has 1 unspecified atom stereocenters. The number of hydrogen-bond donors (Lipinski definition) is 2. The molecule has 0 saturated heterocycles. The summed E-state index contributed by atoms with van der Waals surface area (Å²) in [6.45, 7) is 1.22. The lowest BCUT2D eigenvalue weighted by molar-refractivity contribution is -0.156. The van der Waals surface area contributed by atoms with Gasteiger partial charge in [0.2, 0.25) is 5.88 Å². The van der Waals surface area contributed by atoms with Crippen molar-refractivity contribution in [2.24, 2.45) is 0 Å². The average Bonchev–Trinajstić information content (AvgIpc) is 2.28. The zero-order valence-electron chi connectivity index (χ0n) is 9.93. The van der Waals surface area contributed by atoms with Gasteiger partial charge in [-0.2, -0.15) is 0 Å². The fourth-order valence-electron chi connectivity index (χ4n) is 1.34. The van der Waals surface area contributed by atoms with Crippen molar-refractivity contribution in [3.05, 3.63) is 17.8 Å². The molecule has 0 radical (unpaired) electrons. The molecular formula is C11H15NO5. The first-order chi connectivity index (χ1) is 7.90. The quantitative estimate of drug-likeness (QED) is 0.779. The summed E-state index contributed by atoms with van der Waals surface area (Å²) in [6, 6.07) is 1.54. The van der Waals surface area contributed by atoms with E-state index in [2.05, 4.69) is 4.98 Å². The predicted molar refractivity (Wildman–Crippen MR) is 59.3 cm³/mol. The second kappa shape index (κ2) is 5.01. The number of pyridine rings is 1. The van der Waals surface area contributed by atoms with Crippen LogP contribution in [0, 0.1) is 0 Å². The van der Waals surface area contributed by atoms with Gasteiger partial charge in [0.05, 0.1) is 20.4 Å². The number of nitrogens with zero attached hydrogens (tertiary/aromatic N) is 1. The lowest BCUT2D eigenvalue weighted by Gasteiger charge is -2.19. The minimum Gasteiger partial charge on any atom is -0.495 e. The highest BCUT2D eigenvalue weighted by Gasteiger charge is 2.31. The van der Waals surface area contributed by atoms with Gasteiger partial charge in [0.1, 0.15) is 5.75 Å². The molecule has 1 heterocycles. The molecule has 94 valence electrons. The van der Waals surface area contributed by atoms with Crippen LogP contribution in [0.3, 0.4) is 0 Å². The summed E-state index contributed by atoms with van der Waals surface area (Å²) >= 11 is 0. The number of ether oxygens (including phenoxy) is 2. The van der Waals surface area contributed by atoms with E-state index >= 15 is 0 Å². The molecule has 0 amide bonds. The summed E-state index contributed by atoms with van der Waals surface area (Å²) in [7, 11) is 2.90. The van der Waals surface area contributed by atoms with Gasteiger partial charge in [-0.05, 0) is 6.92 Å². The Kier molecular flexibility index (Phi) is 3.90. The molecule has 0 aliphatic rings. The first-order valence-corrected chi connectivity index (χ1v) is 4.93. The largest absolute Gasteiger partial charge is 0.495 e. The van der Waals surface area contributed by atoms with E-state index in [1.165, 1.54) is 33.4 Å². The molecule has 6 heteroatoms. The van der Waals surface area contributed by atoms with Crippen molar-refractivity contribution in [1.29, 1.82) is 0 Å². The van der Waals surface area contributed by atoms with Crippen LogP contribution in [0.5, 0.6) is 11.6 Å². The van der Waals surface area contributed by atoms with Crippen LogP contribution < -0.4 is 9.47 Å². The maximum Gasteiger partial charge on any atom is 0.335 e. The Labute approximate surface area is 98.8 Å². The number of carbonyl (C=O) groups is 1. The lowest BCUT2D eigenvalue weighted by Crippen LogP contribution is -2.37. The maximum absolute atomic E-state index is 10.8. The number of hydrogen-bond acceptors (Lipinski definition) is 5. The summed E-state index contributed by atoms with van der Waals surface area (Å²) in [6.07, 6.45) is 1.33. The number of aliphatic carboxylic acids is 1. The third kappa shape index (κ3) is 3.07. The summed E-state index contributed by atoms with van der Waals surface area (Å²) in [5, 5.41) is 18.6. The Hall–Kier alpha value is -1.82. The molecule has 0 fully saturated rings. The van der Waals surface area contributed by atoms with E-state index < -0.39 is 11.6 Å². The topological polar surface area (TPSA) is 88.9 Å². The Morgan fingerprint density at radius 2 is 2.12 bits per heavy atom. The van der Waals surface area contributed by atoms with Crippen LogP contribution in [0.15, 0.2) is 12.3 Å². The zero-order valence-corrected chi connectivity index (χ0v) is 9.93. The minimum absolute atomic E-state index is 0.0929. The van der Waals surface area contributed by atoms with Crippen LogP contribution in [0.4, 0.5) is 0 Å². The minimum atomic E-state index is -1.86. The smallest absolute Gasteiger partial charge is 0.335 e. The third-order valence-electron chi connectivity index (χ3n) is 2.35.